The monoisotopic (exact) mass is 192 g/mol. The van der Waals surface area contributed by atoms with Gasteiger partial charge in [-0.25, -0.2) is 5.53 Å². The van der Waals surface area contributed by atoms with Gasteiger partial charge in [0.25, 0.3) is 0 Å². The number of nitrogens with one attached hydrogen (secondary N) is 2. The fraction of sp³-hybridized carbons (Fsp3) is 0.222. The van der Waals surface area contributed by atoms with Crippen LogP contribution in [0, 0.1) is 0 Å². The minimum absolute atomic E-state index is 0.464. The van der Waals surface area contributed by atoms with Crippen LogP contribution < -0.4 is 11.1 Å². The molecule has 74 valence electrons. The first-order valence-corrected chi connectivity index (χ1v) is 4.37. The number of hydrazine groups is 2. The van der Waals surface area contributed by atoms with E-state index >= 15 is 0 Å². The van der Waals surface area contributed by atoms with Gasteiger partial charge in [0, 0.05) is 0 Å². The summed E-state index contributed by atoms with van der Waals surface area (Å²) < 4.78 is 5.44. The number of ether oxygens (including phenoxy) is 1. The Bertz CT molecular complexity index is 301. The molecule has 1 aromatic carbocycles. The Labute approximate surface area is 82.3 Å². The molecule has 5 nitrogen and oxygen atoms in total. The molecule has 14 heavy (non-hydrogen) atoms. The molecule has 0 aromatic heterocycles. The zero-order valence-electron chi connectivity index (χ0n) is 7.68. The summed E-state index contributed by atoms with van der Waals surface area (Å²) in [6.07, 6.45) is 1.63. The largest absolute Gasteiger partial charge is 0.355 e. The Morgan fingerprint density at radius 3 is 2.86 bits per heavy atom. The van der Waals surface area contributed by atoms with Crippen LogP contribution in [-0.4, -0.2) is 18.1 Å². The first-order valence-electron chi connectivity index (χ1n) is 4.37. The fourth-order valence-electron chi connectivity index (χ4n) is 1.12. The second kappa shape index (κ2) is 4.59. The third-order valence-electron chi connectivity index (χ3n) is 1.80. The van der Waals surface area contributed by atoms with Crippen LogP contribution in [0.4, 0.5) is 0 Å². The number of nitrogens with zero attached hydrogens (tertiary/aromatic N) is 2. The van der Waals surface area contributed by atoms with Crippen molar-refractivity contribution in [1.82, 2.24) is 16.1 Å². The highest BCUT2D eigenvalue weighted by Crippen LogP contribution is 2.00. The van der Waals surface area contributed by atoms with Crippen LogP contribution in [0.2, 0.25) is 0 Å². The maximum atomic E-state index is 5.44. The Hall–Kier alpha value is -1.59. The van der Waals surface area contributed by atoms with E-state index in [1.54, 1.807) is 11.3 Å². The third kappa shape index (κ3) is 2.45. The van der Waals surface area contributed by atoms with E-state index in [4.69, 9.17) is 4.74 Å². The van der Waals surface area contributed by atoms with Crippen molar-refractivity contribution in [2.75, 3.05) is 6.73 Å². The number of benzene rings is 1. The van der Waals surface area contributed by atoms with Gasteiger partial charge in [0.15, 0.2) is 0 Å². The first-order chi connectivity index (χ1) is 6.95. The summed E-state index contributed by atoms with van der Waals surface area (Å²) in [4.78, 5) is 0. The van der Waals surface area contributed by atoms with Gasteiger partial charge in [-0.15, -0.1) is 5.53 Å². The van der Waals surface area contributed by atoms with E-state index in [1.165, 1.54) is 0 Å². The Morgan fingerprint density at radius 2 is 2.14 bits per heavy atom. The predicted molar refractivity (Wildman–Crippen MR) is 52.7 cm³/mol. The zero-order chi connectivity index (χ0) is 9.64. The van der Waals surface area contributed by atoms with Crippen molar-refractivity contribution in [2.24, 2.45) is 5.10 Å². The van der Waals surface area contributed by atoms with Crippen molar-refractivity contribution in [3.8, 4) is 0 Å². The summed E-state index contributed by atoms with van der Waals surface area (Å²) in [6, 6.07) is 10.0. The van der Waals surface area contributed by atoms with E-state index in [0.717, 1.165) is 5.56 Å². The molecule has 0 aliphatic carbocycles. The molecule has 5 heteroatoms. The Kier molecular flexibility index (Phi) is 2.95. The average Bonchev–Trinajstić information content (AvgIpc) is 2.72. The molecule has 2 rings (SSSR count). The highest BCUT2D eigenvalue weighted by molar-refractivity contribution is 5.54. The molecule has 0 atom stereocenters. The van der Waals surface area contributed by atoms with Gasteiger partial charge in [0.1, 0.15) is 13.1 Å². The van der Waals surface area contributed by atoms with Crippen LogP contribution in [0.15, 0.2) is 35.4 Å². The summed E-state index contributed by atoms with van der Waals surface area (Å²) >= 11 is 0. The van der Waals surface area contributed by atoms with E-state index in [-0.39, 0.29) is 0 Å². The number of hydrazone groups is 1. The van der Waals surface area contributed by atoms with Gasteiger partial charge in [-0.2, -0.15) is 5.10 Å². The van der Waals surface area contributed by atoms with Crippen LogP contribution in [0.1, 0.15) is 5.56 Å². The lowest BCUT2D eigenvalue weighted by atomic mass is 10.2. The van der Waals surface area contributed by atoms with E-state index in [9.17, 15) is 0 Å². The van der Waals surface area contributed by atoms with E-state index < -0.39 is 0 Å². The number of rotatable bonds is 4. The minimum Gasteiger partial charge on any atom is -0.355 e. The number of hydrogen-bond acceptors (Lipinski definition) is 5. The molecular weight excluding hydrogens is 180 g/mol. The van der Waals surface area contributed by atoms with Gasteiger partial charge < -0.3 is 4.74 Å². The molecule has 0 amide bonds. The van der Waals surface area contributed by atoms with Crippen LogP contribution in [-0.2, 0) is 11.3 Å². The molecular formula is C9H12N4O. The maximum absolute atomic E-state index is 5.44. The van der Waals surface area contributed by atoms with Crippen LogP contribution in [0.25, 0.3) is 0 Å². The summed E-state index contributed by atoms with van der Waals surface area (Å²) in [5.41, 5.74) is 6.53. The first kappa shape index (κ1) is 8.98. The van der Waals surface area contributed by atoms with Crippen LogP contribution in [0.5, 0.6) is 0 Å². The van der Waals surface area contributed by atoms with Gasteiger partial charge in [-0.1, -0.05) is 30.3 Å². The highest BCUT2D eigenvalue weighted by atomic mass is 16.5. The van der Waals surface area contributed by atoms with Gasteiger partial charge in [0.05, 0.1) is 6.61 Å². The van der Waals surface area contributed by atoms with E-state index in [1.807, 2.05) is 30.3 Å². The lowest BCUT2D eigenvalue weighted by molar-refractivity contribution is 0.0333. The molecule has 0 spiro atoms. The van der Waals surface area contributed by atoms with E-state index in [2.05, 4.69) is 16.2 Å². The summed E-state index contributed by atoms with van der Waals surface area (Å²) in [5.74, 6) is 0. The Morgan fingerprint density at radius 1 is 1.29 bits per heavy atom. The summed E-state index contributed by atoms with van der Waals surface area (Å²) in [5, 5.41) is 5.46. The molecule has 1 aromatic rings. The van der Waals surface area contributed by atoms with Gasteiger partial charge in [-0.3, -0.25) is 5.01 Å². The second-order valence-electron chi connectivity index (χ2n) is 2.90. The van der Waals surface area contributed by atoms with Gasteiger partial charge in [-0.05, 0) is 5.56 Å². The summed E-state index contributed by atoms with van der Waals surface area (Å²) in [7, 11) is 0. The predicted octanol–water partition coefficient (Wildman–Crippen LogP) is 0.429. The molecule has 0 radical (unpaired) electrons. The Balaban J connectivity index is 1.70. The van der Waals surface area contributed by atoms with Crippen molar-refractivity contribution in [1.29, 1.82) is 0 Å². The molecule has 0 unspecified atom stereocenters. The lowest BCUT2D eigenvalue weighted by Crippen LogP contribution is -2.38. The van der Waals surface area contributed by atoms with Crippen molar-refractivity contribution in [3.05, 3.63) is 35.9 Å². The van der Waals surface area contributed by atoms with E-state index in [0.29, 0.717) is 13.3 Å². The zero-order valence-corrected chi connectivity index (χ0v) is 7.68. The molecule has 1 heterocycles. The molecule has 1 aliphatic heterocycles. The minimum atomic E-state index is 0.464. The second-order valence-corrected chi connectivity index (χ2v) is 2.90. The maximum Gasteiger partial charge on any atom is 0.136 e. The normalized spacial score (nSPS) is 14.4. The number of hydrogen-bond donors (Lipinski definition) is 2. The molecule has 2 N–H and O–H groups in total. The molecule has 0 saturated carbocycles. The average molecular weight is 192 g/mol. The third-order valence-corrected chi connectivity index (χ3v) is 1.80. The highest BCUT2D eigenvalue weighted by Gasteiger charge is 2.02. The molecule has 0 fully saturated rings. The van der Waals surface area contributed by atoms with Crippen molar-refractivity contribution in [2.45, 2.75) is 6.61 Å². The van der Waals surface area contributed by atoms with Crippen molar-refractivity contribution < 1.29 is 4.74 Å². The smallest absolute Gasteiger partial charge is 0.136 e. The SMILES string of the molecule is C1=NNNN1COCc1ccccc1. The van der Waals surface area contributed by atoms with Crippen LogP contribution >= 0.6 is 0 Å². The molecule has 0 bridgehead atoms. The lowest BCUT2D eigenvalue weighted by Gasteiger charge is -2.13. The van der Waals surface area contributed by atoms with Crippen molar-refractivity contribution >= 4 is 6.34 Å². The quantitative estimate of drug-likeness (QED) is 0.726. The fourth-order valence-corrected chi connectivity index (χ4v) is 1.12. The van der Waals surface area contributed by atoms with Crippen molar-refractivity contribution in [3.63, 3.8) is 0 Å². The van der Waals surface area contributed by atoms with Gasteiger partial charge in [0.2, 0.25) is 0 Å². The molecule has 0 saturated heterocycles. The standard InChI is InChI=1S/C9H12N4O/c1-2-4-9(5-3-1)6-14-8-13-7-10-11-12-13/h1-5,7,11-12H,6,8H2. The van der Waals surface area contributed by atoms with Gasteiger partial charge >= 0.3 is 0 Å². The van der Waals surface area contributed by atoms with Crippen LogP contribution in [0.3, 0.4) is 0 Å². The molecule has 1 aliphatic rings. The summed E-state index contributed by atoms with van der Waals surface area (Å²) in [6.45, 7) is 1.07. The topological polar surface area (TPSA) is 48.9 Å².